The number of hydrogen-bond donors (Lipinski definition) is 0. The van der Waals surface area contributed by atoms with Gasteiger partial charge in [-0.25, -0.2) is 0 Å². The molecule has 0 unspecified atom stereocenters. The van der Waals surface area contributed by atoms with Gasteiger partial charge in [0.2, 0.25) is 0 Å². The van der Waals surface area contributed by atoms with Gasteiger partial charge in [-0.05, 0) is 28.1 Å². The van der Waals surface area contributed by atoms with Crippen LogP contribution in [0.3, 0.4) is 0 Å². The molecule has 0 fully saturated rings. The molecule has 0 saturated heterocycles. The first-order valence-electron chi connectivity index (χ1n) is 4.31. The fourth-order valence-corrected chi connectivity index (χ4v) is 3.11. The second-order valence-electron chi connectivity index (χ2n) is 3.06. The highest BCUT2D eigenvalue weighted by molar-refractivity contribution is 9.10. The van der Waals surface area contributed by atoms with E-state index in [9.17, 15) is 4.79 Å². The minimum absolute atomic E-state index is 0.124. The summed E-state index contributed by atoms with van der Waals surface area (Å²) in [6.45, 7) is 0. The Kier molecular flexibility index (Phi) is 3.70. The molecule has 2 rings (SSSR count). The minimum Gasteiger partial charge on any atom is -0.288 e. The molecule has 0 spiro atoms. The van der Waals surface area contributed by atoms with Crippen LogP contribution < -0.4 is 0 Å². The first-order valence-corrected chi connectivity index (χ1v) is 6.81. The molecule has 0 saturated carbocycles. The lowest BCUT2D eigenvalue weighted by atomic mass is 10.1. The molecule has 1 nitrogen and oxygen atoms in total. The highest BCUT2D eigenvalue weighted by Gasteiger charge is 2.17. The third kappa shape index (κ3) is 2.18. The molecule has 0 aliphatic rings. The largest absolute Gasteiger partial charge is 0.288 e. The predicted octanol–water partition coefficient (Wildman–Crippen LogP) is 5.05. The van der Waals surface area contributed by atoms with Crippen LogP contribution >= 0.6 is 50.5 Å². The summed E-state index contributed by atoms with van der Waals surface area (Å²) < 4.78 is 0.776. The topological polar surface area (TPSA) is 17.1 Å². The van der Waals surface area contributed by atoms with Crippen LogP contribution in [0.2, 0.25) is 10.0 Å². The molecule has 0 aliphatic heterocycles. The van der Waals surface area contributed by atoms with Crippen molar-refractivity contribution in [1.29, 1.82) is 0 Å². The van der Waals surface area contributed by atoms with E-state index >= 15 is 0 Å². The van der Waals surface area contributed by atoms with Gasteiger partial charge in [-0.2, -0.15) is 11.3 Å². The molecule has 82 valence electrons. The molecule has 16 heavy (non-hydrogen) atoms. The molecule has 1 heterocycles. The summed E-state index contributed by atoms with van der Waals surface area (Å²) in [6, 6.07) is 5.03. The zero-order valence-electron chi connectivity index (χ0n) is 7.84. The van der Waals surface area contributed by atoms with E-state index in [2.05, 4.69) is 15.9 Å². The van der Waals surface area contributed by atoms with Crippen LogP contribution in [0.5, 0.6) is 0 Å². The predicted molar refractivity (Wildman–Crippen MR) is 71.9 cm³/mol. The number of halogens is 3. The van der Waals surface area contributed by atoms with Crippen molar-refractivity contribution in [2.45, 2.75) is 0 Å². The van der Waals surface area contributed by atoms with Gasteiger partial charge in [0, 0.05) is 26.4 Å². The molecule has 0 bridgehead atoms. The summed E-state index contributed by atoms with van der Waals surface area (Å²) in [5.74, 6) is -0.124. The second kappa shape index (κ2) is 4.88. The van der Waals surface area contributed by atoms with E-state index < -0.39 is 0 Å². The maximum Gasteiger partial charge on any atom is 0.196 e. The maximum absolute atomic E-state index is 12.1. The number of hydrogen-bond acceptors (Lipinski definition) is 2. The first kappa shape index (κ1) is 12.1. The monoisotopic (exact) mass is 334 g/mol. The molecule has 0 radical (unpaired) electrons. The number of ketones is 1. The SMILES string of the molecule is O=C(c1cscc1Br)c1cccc(Cl)c1Cl. The highest BCUT2D eigenvalue weighted by Crippen LogP contribution is 2.30. The third-order valence-corrected chi connectivity index (χ3v) is 4.58. The fourth-order valence-electron chi connectivity index (χ4n) is 1.27. The van der Waals surface area contributed by atoms with E-state index in [0.717, 1.165) is 4.47 Å². The minimum atomic E-state index is -0.124. The van der Waals surface area contributed by atoms with E-state index in [4.69, 9.17) is 23.2 Å². The van der Waals surface area contributed by atoms with Crippen molar-refractivity contribution in [3.05, 3.63) is 54.6 Å². The Bertz CT molecular complexity index is 551. The fraction of sp³-hybridized carbons (Fsp3) is 0. The summed E-state index contributed by atoms with van der Waals surface area (Å²) >= 11 is 16.6. The van der Waals surface area contributed by atoms with Crippen molar-refractivity contribution in [3.8, 4) is 0 Å². The lowest BCUT2D eigenvalue weighted by Crippen LogP contribution is -2.01. The molecule has 0 amide bonds. The smallest absolute Gasteiger partial charge is 0.196 e. The van der Waals surface area contributed by atoms with Crippen LogP contribution in [-0.2, 0) is 0 Å². The maximum atomic E-state index is 12.1. The summed E-state index contributed by atoms with van der Waals surface area (Å²) in [5.41, 5.74) is 1.03. The first-order chi connectivity index (χ1) is 7.61. The molecule has 5 heteroatoms. The van der Waals surface area contributed by atoms with Crippen LogP contribution in [0, 0.1) is 0 Å². The summed E-state index contributed by atoms with van der Waals surface area (Å²) in [4.78, 5) is 12.1. The Morgan fingerprint density at radius 3 is 2.56 bits per heavy atom. The Labute approximate surface area is 115 Å². The van der Waals surface area contributed by atoms with E-state index in [-0.39, 0.29) is 5.78 Å². The van der Waals surface area contributed by atoms with Crippen LogP contribution in [0.1, 0.15) is 15.9 Å². The van der Waals surface area contributed by atoms with Gasteiger partial charge in [0.15, 0.2) is 5.78 Å². The normalized spacial score (nSPS) is 10.4. The standard InChI is InChI=1S/C11H5BrCl2OS/c12-8-5-16-4-7(8)11(15)6-2-1-3-9(13)10(6)14/h1-5H. The van der Waals surface area contributed by atoms with Crippen molar-refractivity contribution in [3.63, 3.8) is 0 Å². The van der Waals surface area contributed by atoms with Gasteiger partial charge >= 0.3 is 0 Å². The van der Waals surface area contributed by atoms with Crippen molar-refractivity contribution in [1.82, 2.24) is 0 Å². The van der Waals surface area contributed by atoms with E-state index in [1.807, 2.05) is 5.38 Å². The molecular weight excluding hydrogens is 331 g/mol. The van der Waals surface area contributed by atoms with Gasteiger partial charge < -0.3 is 0 Å². The van der Waals surface area contributed by atoms with Gasteiger partial charge in [0.25, 0.3) is 0 Å². The van der Waals surface area contributed by atoms with E-state index in [1.165, 1.54) is 11.3 Å². The van der Waals surface area contributed by atoms with E-state index in [1.54, 1.807) is 23.6 Å². The van der Waals surface area contributed by atoms with Crippen LogP contribution in [0.25, 0.3) is 0 Å². The summed E-state index contributed by atoms with van der Waals surface area (Å²) in [6.07, 6.45) is 0. The van der Waals surface area contributed by atoms with Crippen molar-refractivity contribution < 1.29 is 4.79 Å². The van der Waals surface area contributed by atoms with Gasteiger partial charge in [-0.3, -0.25) is 4.79 Å². The Balaban J connectivity index is 2.50. The molecular formula is C11H5BrCl2OS. The molecule has 0 N–H and O–H groups in total. The number of benzene rings is 1. The zero-order valence-corrected chi connectivity index (χ0v) is 11.8. The van der Waals surface area contributed by atoms with Crippen LogP contribution in [0.4, 0.5) is 0 Å². The summed E-state index contributed by atoms with van der Waals surface area (Å²) in [5, 5.41) is 4.32. The molecule has 1 aromatic carbocycles. The molecule has 2 aromatic rings. The van der Waals surface area contributed by atoms with Crippen molar-refractivity contribution in [2.75, 3.05) is 0 Å². The molecule has 0 atom stereocenters. The molecule has 0 aliphatic carbocycles. The Morgan fingerprint density at radius 1 is 1.19 bits per heavy atom. The average molecular weight is 336 g/mol. The number of thiophene rings is 1. The van der Waals surface area contributed by atoms with Gasteiger partial charge in [0.05, 0.1) is 10.0 Å². The number of rotatable bonds is 2. The van der Waals surface area contributed by atoms with Gasteiger partial charge in [-0.1, -0.05) is 29.3 Å². The van der Waals surface area contributed by atoms with Gasteiger partial charge in [0.1, 0.15) is 0 Å². The number of carbonyl (C=O) groups excluding carboxylic acids is 1. The Hall–Kier alpha value is -0.350. The highest BCUT2D eigenvalue weighted by atomic mass is 79.9. The van der Waals surface area contributed by atoms with Gasteiger partial charge in [-0.15, -0.1) is 0 Å². The van der Waals surface area contributed by atoms with Crippen LogP contribution in [0.15, 0.2) is 33.4 Å². The van der Waals surface area contributed by atoms with Crippen LogP contribution in [-0.4, -0.2) is 5.78 Å². The molecule has 1 aromatic heterocycles. The second-order valence-corrected chi connectivity index (χ2v) is 5.45. The Morgan fingerprint density at radius 2 is 1.94 bits per heavy atom. The average Bonchev–Trinajstić information content (AvgIpc) is 2.68. The lowest BCUT2D eigenvalue weighted by molar-refractivity contribution is 0.103. The summed E-state index contributed by atoms with van der Waals surface area (Å²) in [7, 11) is 0. The number of carbonyl (C=O) groups is 1. The lowest BCUT2D eigenvalue weighted by Gasteiger charge is -2.03. The zero-order chi connectivity index (χ0) is 11.7. The van der Waals surface area contributed by atoms with Crippen molar-refractivity contribution in [2.24, 2.45) is 0 Å². The van der Waals surface area contributed by atoms with E-state index in [0.29, 0.717) is 21.2 Å². The third-order valence-electron chi connectivity index (χ3n) is 2.06. The van der Waals surface area contributed by atoms with Crippen molar-refractivity contribution >= 4 is 56.3 Å². The quantitative estimate of drug-likeness (QED) is 0.702.